The van der Waals surface area contributed by atoms with Gasteiger partial charge in [0.25, 0.3) is 5.91 Å². The summed E-state index contributed by atoms with van der Waals surface area (Å²) in [7, 11) is 1.56. The minimum atomic E-state index is -2.07. The summed E-state index contributed by atoms with van der Waals surface area (Å²) in [6, 6.07) is 11.0. The number of primary amides is 1. The molecule has 1 atom stereocenters. The molecule has 49 heavy (non-hydrogen) atoms. The number of ketones is 1. The first-order chi connectivity index (χ1) is 23.6. The van der Waals surface area contributed by atoms with Crippen molar-refractivity contribution in [2.45, 2.75) is 43.2 Å². The van der Waals surface area contributed by atoms with Gasteiger partial charge in [0, 0.05) is 54.3 Å². The van der Waals surface area contributed by atoms with Gasteiger partial charge in [0.1, 0.15) is 23.1 Å². The van der Waals surface area contributed by atoms with Crippen molar-refractivity contribution in [2.75, 3.05) is 32.4 Å². The number of allylic oxidation sites excluding steroid dienone is 1. The van der Waals surface area contributed by atoms with Crippen molar-refractivity contribution < 1.29 is 23.2 Å². The Morgan fingerprint density at radius 2 is 1.69 bits per heavy atom. The molecule has 13 heteroatoms. The maximum atomic E-state index is 16.2. The smallest absolute Gasteiger partial charge is 0.268 e. The number of hydrogen-bond acceptors (Lipinski definition) is 8. The van der Waals surface area contributed by atoms with Gasteiger partial charge in [-0.1, -0.05) is 24.3 Å². The average Bonchev–Trinajstić information content (AvgIpc) is 3.77. The number of carbonyl (C=O) groups is 3. The summed E-state index contributed by atoms with van der Waals surface area (Å²) in [5.41, 5.74) is 12.2. The molecule has 2 aromatic carbocycles. The third-order valence-electron chi connectivity index (χ3n) is 9.68. The minimum Gasteiger partial charge on any atom is -0.383 e. The van der Waals surface area contributed by atoms with E-state index in [4.69, 9.17) is 11.5 Å². The Labute approximate surface area is 281 Å². The van der Waals surface area contributed by atoms with Gasteiger partial charge < -0.3 is 27.0 Å². The van der Waals surface area contributed by atoms with E-state index in [1.807, 2.05) is 10.9 Å². The second-order valence-electron chi connectivity index (χ2n) is 13.0. The monoisotopic (exact) mass is 666 g/mol. The van der Waals surface area contributed by atoms with Gasteiger partial charge in [0.15, 0.2) is 11.2 Å². The summed E-state index contributed by atoms with van der Waals surface area (Å²) in [4.78, 5) is 47.2. The predicted molar refractivity (Wildman–Crippen MR) is 179 cm³/mol. The van der Waals surface area contributed by atoms with Crippen molar-refractivity contribution in [3.8, 4) is 22.3 Å². The summed E-state index contributed by atoms with van der Waals surface area (Å²) in [5, 5.41) is 10.8. The van der Waals surface area contributed by atoms with Crippen molar-refractivity contribution >= 4 is 29.0 Å². The van der Waals surface area contributed by atoms with Crippen LogP contribution in [-0.4, -0.2) is 70.0 Å². The van der Waals surface area contributed by atoms with Crippen molar-refractivity contribution in [2.24, 2.45) is 5.73 Å². The molecule has 1 aliphatic carbocycles. The zero-order chi connectivity index (χ0) is 34.4. The van der Waals surface area contributed by atoms with E-state index < -0.39 is 34.6 Å². The number of Topliss-reactive ketones (excluding diaryl/α,β-unsaturated/α-hetero) is 1. The summed E-state index contributed by atoms with van der Waals surface area (Å²) in [6.45, 7) is 1.52. The summed E-state index contributed by atoms with van der Waals surface area (Å²) in [5.74, 6) is -3.52. The SMILES string of the molecule is CN1CC(C(N)=O)(c2ccc(-c3cc(-c4cnn(C5CCNCC5)c4)cnc3N)c(F)c2)C(=O)C(c2ccc(F)cc2)=C1C(=O)NC1CC1. The number of piperidine rings is 1. The Morgan fingerprint density at radius 3 is 2.37 bits per heavy atom. The predicted octanol–water partition coefficient (Wildman–Crippen LogP) is 3.32. The summed E-state index contributed by atoms with van der Waals surface area (Å²) < 4.78 is 32.1. The lowest BCUT2D eigenvalue weighted by Gasteiger charge is -2.41. The van der Waals surface area contributed by atoms with Crippen LogP contribution in [-0.2, 0) is 19.8 Å². The first-order valence-electron chi connectivity index (χ1n) is 16.2. The first-order valence-corrected chi connectivity index (χ1v) is 16.2. The topological polar surface area (TPSA) is 161 Å². The zero-order valence-electron chi connectivity index (χ0n) is 26.9. The molecule has 6 N–H and O–H groups in total. The quantitative estimate of drug-likeness (QED) is 0.208. The van der Waals surface area contributed by atoms with Gasteiger partial charge in [-0.3, -0.25) is 19.1 Å². The van der Waals surface area contributed by atoms with Crippen LogP contribution in [0.1, 0.15) is 42.9 Å². The molecule has 3 aliphatic rings. The van der Waals surface area contributed by atoms with Crippen LogP contribution in [0.2, 0.25) is 0 Å². The van der Waals surface area contributed by atoms with Crippen LogP contribution in [0.5, 0.6) is 0 Å². The van der Waals surface area contributed by atoms with E-state index >= 15 is 4.39 Å². The normalized spacial score (nSPS) is 20.1. The Hall–Kier alpha value is -5.43. The van der Waals surface area contributed by atoms with E-state index in [0.29, 0.717) is 11.1 Å². The van der Waals surface area contributed by atoms with E-state index in [-0.39, 0.29) is 52.4 Å². The number of aromatic nitrogens is 3. The number of hydrogen-bond donors (Lipinski definition) is 4. The first kappa shape index (κ1) is 32.1. The number of likely N-dealkylation sites (N-methyl/N-ethyl adjacent to an activating group) is 1. The largest absolute Gasteiger partial charge is 0.383 e. The lowest BCUT2D eigenvalue weighted by Crippen LogP contribution is -2.59. The molecule has 7 rings (SSSR count). The van der Waals surface area contributed by atoms with Crippen LogP contribution in [0.3, 0.4) is 0 Å². The third-order valence-corrected chi connectivity index (χ3v) is 9.68. The molecular weight excluding hydrogens is 630 g/mol. The number of pyridine rings is 1. The molecule has 252 valence electrons. The highest BCUT2D eigenvalue weighted by Crippen LogP contribution is 2.42. The van der Waals surface area contributed by atoms with Crippen molar-refractivity contribution in [3.05, 3.63) is 95.6 Å². The Kier molecular flexibility index (Phi) is 8.23. The summed E-state index contributed by atoms with van der Waals surface area (Å²) in [6.07, 6.45) is 8.84. The number of nitrogens with zero attached hydrogens (tertiary/aromatic N) is 4. The van der Waals surface area contributed by atoms with Gasteiger partial charge in [-0.05, 0) is 74.2 Å². The summed E-state index contributed by atoms with van der Waals surface area (Å²) >= 11 is 0. The fourth-order valence-corrected chi connectivity index (χ4v) is 6.83. The highest BCUT2D eigenvalue weighted by atomic mass is 19.1. The molecule has 2 amide bonds. The van der Waals surface area contributed by atoms with Gasteiger partial charge in [-0.2, -0.15) is 5.10 Å². The van der Waals surface area contributed by atoms with Crippen LogP contribution in [0, 0.1) is 11.6 Å². The number of carbonyl (C=O) groups excluding carboxylic acids is 3. The number of amides is 2. The van der Waals surface area contributed by atoms with Crippen molar-refractivity contribution in [1.82, 2.24) is 30.3 Å². The number of halogens is 2. The average molecular weight is 667 g/mol. The number of nitrogen functional groups attached to an aromatic ring is 1. The second kappa shape index (κ2) is 12.5. The van der Waals surface area contributed by atoms with Gasteiger partial charge in [-0.25, -0.2) is 13.8 Å². The van der Waals surface area contributed by atoms with Crippen LogP contribution < -0.4 is 22.1 Å². The molecular formula is C36H36F2N8O3. The Bertz CT molecular complexity index is 2000. The maximum absolute atomic E-state index is 16.2. The number of anilines is 1. The van der Waals surface area contributed by atoms with Crippen molar-refractivity contribution in [1.29, 1.82) is 0 Å². The highest BCUT2D eigenvalue weighted by molar-refractivity contribution is 6.36. The van der Waals surface area contributed by atoms with Gasteiger partial charge in [0.2, 0.25) is 5.91 Å². The molecule has 2 aliphatic heterocycles. The molecule has 11 nitrogen and oxygen atoms in total. The third kappa shape index (κ3) is 5.84. The molecule has 2 aromatic heterocycles. The van der Waals surface area contributed by atoms with E-state index in [1.54, 1.807) is 25.5 Å². The van der Waals surface area contributed by atoms with Crippen LogP contribution in [0.25, 0.3) is 27.8 Å². The number of nitrogens with one attached hydrogen (secondary N) is 2. The van der Waals surface area contributed by atoms with E-state index in [2.05, 4.69) is 20.7 Å². The van der Waals surface area contributed by atoms with Crippen molar-refractivity contribution in [3.63, 3.8) is 0 Å². The molecule has 1 saturated heterocycles. The lowest BCUT2D eigenvalue weighted by molar-refractivity contribution is -0.134. The molecule has 0 spiro atoms. The number of nitrogens with two attached hydrogens (primary N) is 2. The Morgan fingerprint density at radius 1 is 0.959 bits per heavy atom. The second-order valence-corrected chi connectivity index (χ2v) is 13.0. The maximum Gasteiger partial charge on any atom is 0.268 e. The minimum absolute atomic E-state index is 0.00490. The molecule has 4 heterocycles. The molecule has 2 fully saturated rings. The van der Waals surface area contributed by atoms with Crippen LogP contribution in [0.15, 0.2) is 72.8 Å². The van der Waals surface area contributed by atoms with E-state index in [1.165, 1.54) is 29.2 Å². The van der Waals surface area contributed by atoms with Gasteiger partial charge >= 0.3 is 0 Å². The molecule has 0 bridgehead atoms. The lowest BCUT2D eigenvalue weighted by atomic mass is 9.69. The van der Waals surface area contributed by atoms with Crippen LogP contribution in [0.4, 0.5) is 14.6 Å². The standard InChI is InChI=1S/C36H36F2N8O3/c1-45-19-36(35(40)49,32(47)30(20-2-5-24(37)6-3-20)31(45)34(48)44-25-7-8-25)23-4-9-27(29(38)15-23)28-14-21(16-42-33(28)39)22-17-43-46(18-22)26-10-12-41-13-11-26/h2-6,9,14-18,25-26,41H,7-8,10-13,19H2,1H3,(H2,39,42)(H2,40,49)(H,44,48). The fourth-order valence-electron chi connectivity index (χ4n) is 6.83. The van der Waals surface area contributed by atoms with Crippen LogP contribution >= 0.6 is 0 Å². The molecule has 1 saturated carbocycles. The van der Waals surface area contributed by atoms with Gasteiger partial charge in [0.05, 0.1) is 17.8 Å². The Balaban J connectivity index is 1.27. The molecule has 4 aromatic rings. The van der Waals surface area contributed by atoms with Gasteiger partial charge in [-0.15, -0.1) is 0 Å². The zero-order valence-corrected chi connectivity index (χ0v) is 26.9. The number of rotatable bonds is 8. The van der Waals surface area contributed by atoms with E-state index in [9.17, 15) is 18.8 Å². The molecule has 0 radical (unpaired) electrons. The van der Waals surface area contributed by atoms with E-state index in [0.717, 1.165) is 62.5 Å². The highest BCUT2D eigenvalue weighted by Gasteiger charge is 2.53. The number of benzene rings is 2. The molecule has 1 unspecified atom stereocenters. The fraction of sp³-hybridized carbons (Fsp3) is 0.306.